The summed E-state index contributed by atoms with van der Waals surface area (Å²) in [7, 11) is 1.41. The van der Waals surface area contributed by atoms with E-state index in [1.807, 2.05) is 13.0 Å². The maximum atomic E-state index is 13.8. The van der Waals surface area contributed by atoms with Gasteiger partial charge in [0, 0.05) is 30.3 Å². The number of piperidine rings is 1. The van der Waals surface area contributed by atoms with Gasteiger partial charge in [-0.05, 0) is 50.6 Å². The number of aryl methyl sites for hydroxylation is 1. The number of ether oxygens (including phenoxy) is 1. The smallest absolute Gasteiger partial charge is 0.167 e. The Labute approximate surface area is 140 Å². The number of rotatable bonds is 5. The maximum absolute atomic E-state index is 13.8. The van der Waals surface area contributed by atoms with Crippen LogP contribution in [0.1, 0.15) is 34.6 Å². The number of halogens is 1. The molecule has 1 N–H and O–H groups in total. The van der Waals surface area contributed by atoms with E-state index in [2.05, 4.69) is 15.1 Å². The monoisotopic (exact) mass is 331 g/mol. The fourth-order valence-electron chi connectivity index (χ4n) is 3.25. The summed E-state index contributed by atoms with van der Waals surface area (Å²) in [6.45, 7) is 4.33. The molecule has 0 aliphatic carbocycles. The van der Waals surface area contributed by atoms with Crippen LogP contribution in [0.2, 0.25) is 0 Å². The first-order valence-electron chi connectivity index (χ1n) is 8.18. The standard InChI is InChI=1S/C18H22FN3O2/c1-12-8-15(21-20-12)11-22-7-3-4-14(10-22)18(23)13-5-6-17(24-2)16(19)9-13/h5-6,8-9,14H,3-4,7,10-11H2,1-2H3,(H,20,21). The topological polar surface area (TPSA) is 58.2 Å². The Morgan fingerprint density at radius 2 is 2.29 bits per heavy atom. The van der Waals surface area contributed by atoms with Crippen molar-refractivity contribution in [2.45, 2.75) is 26.3 Å². The molecule has 1 aromatic carbocycles. The molecule has 1 atom stereocenters. The predicted molar refractivity (Wildman–Crippen MR) is 88.6 cm³/mol. The third-order valence-electron chi connectivity index (χ3n) is 4.46. The summed E-state index contributed by atoms with van der Waals surface area (Å²) in [5.41, 5.74) is 2.43. The molecule has 1 saturated heterocycles. The highest BCUT2D eigenvalue weighted by molar-refractivity contribution is 5.98. The van der Waals surface area contributed by atoms with E-state index >= 15 is 0 Å². The highest BCUT2D eigenvalue weighted by Gasteiger charge is 2.27. The van der Waals surface area contributed by atoms with Crippen molar-refractivity contribution in [2.24, 2.45) is 5.92 Å². The lowest BCUT2D eigenvalue weighted by atomic mass is 9.90. The molecule has 0 amide bonds. The lowest BCUT2D eigenvalue weighted by Crippen LogP contribution is -2.38. The molecule has 0 radical (unpaired) electrons. The molecule has 1 aliphatic heterocycles. The van der Waals surface area contributed by atoms with Gasteiger partial charge in [0.2, 0.25) is 0 Å². The second kappa shape index (κ2) is 7.13. The number of hydrogen-bond donors (Lipinski definition) is 1. The molecule has 1 unspecified atom stereocenters. The lowest BCUT2D eigenvalue weighted by Gasteiger charge is -2.31. The molecule has 6 heteroatoms. The van der Waals surface area contributed by atoms with Crippen LogP contribution in [0.5, 0.6) is 5.75 Å². The van der Waals surface area contributed by atoms with E-state index in [0.717, 1.165) is 37.3 Å². The fraction of sp³-hybridized carbons (Fsp3) is 0.444. The van der Waals surface area contributed by atoms with Gasteiger partial charge in [-0.15, -0.1) is 0 Å². The van der Waals surface area contributed by atoms with Gasteiger partial charge >= 0.3 is 0 Å². The molecule has 1 aliphatic rings. The third-order valence-corrected chi connectivity index (χ3v) is 4.46. The van der Waals surface area contributed by atoms with Gasteiger partial charge < -0.3 is 4.74 Å². The summed E-state index contributed by atoms with van der Waals surface area (Å²) in [5.74, 6) is -0.445. The maximum Gasteiger partial charge on any atom is 0.167 e. The number of ketones is 1. The first kappa shape index (κ1) is 16.6. The molecule has 1 aromatic heterocycles. The van der Waals surface area contributed by atoms with Gasteiger partial charge in [-0.25, -0.2) is 4.39 Å². The number of hydrogen-bond acceptors (Lipinski definition) is 4. The minimum absolute atomic E-state index is 0.000499. The number of nitrogens with one attached hydrogen (secondary N) is 1. The summed E-state index contributed by atoms with van der Waals surface area (Å²) < 4.78 is 18.8. The van der Waals surface area contributed by atoms with Gasteiger partial charge in [0.25, 0.3) is 0 Å². The number of aromatic amines is 1. The van der Waals surface area contributed by atoms with Crippen molar-refractivity contribution < 1.29 is 13.9 Å². The largest absolute Gasteiger partial charge is 0.494 e. The zero-order chi connectivity index (χ0) is 17.1. The zero-order valence-electron chi connectivity index (χ0n) is 14.0. The average molecular weight is 331 g/mol. The van der Waals surface area contributed by atoms with E-state index < -0.39 is 5.82 Å². The Hall–Kier alpha value is -2.21. The molecule has 5 nitrogen and oxygen atoms in total. The van der Waals surface area contributed by atoms with Crippen LogP contribution in [-0.4, -0.2) is 41.1 Å². The van der Waals surface area contributed by atoms with Crippen LogP contribution in [0.25, 0.3) is 0 Å². The highest BCUT2D eigenvalue weighted by Crippen LogP contribution is 2.25. The number of methoxy groups -OCH3 is 1. The Balaban J connectivity index is 1.67. The molecule has 0 bridgehead atoms. The van der Waals surface area contributed by atoms with E-state index in [-0.39, 0.29) is 17.5 Å². The Kier molecular flexibility index (Phi) is 4.94. The lowest BCUT2D eigenvalue weighted by molar-refractivity contribution is 0.0809. The molecule has 24 heavy (non-hydrogen) atoms. The van der Waals surface area contributed by atoms with Gasteiger partial charge in [-0.3, -0.25) is 14.8 Å². The molecule has 128 valence electrons. The molecular weight excluding hydrogens is 309 g/mol. The van der Waals surface area contributed by atoms with Crippen LogP contribution >= 0.6 is 0 Å². The molecule has 2 heterocycles. The Bertz CT molecular complexity index is 729. The highest BCUT2D eigenvalue weighted by atomic mass is 19.1. The molecular formula is C18H22FN3O2. The first-order valence-corrected chi connectivity index (χ1v) is 8.18. The van der Waals surface area contributed by atoms with Crippen molar-refractivity contribution in [2.75, 3.05) is 20.2 Å². The van der Waals surface area contributed by atoms with Crippen molar-refractivity contribution in [1.29, 1.82) is 0 Å². The minimum Gasteiger partial charge on any atom is -0.494 e. The van der Waals surface area contributed by atoms with Crippen molar-refractivity contribution >= 4 is 5.78 Å². The molecule has 2 aromatic rings. The number of nitrogens with zero attached hydrogens (tertiary/aromatic N) is 2. The van der Waals surface area contributed by atoms with Gasteiger partial charge in [-0.2, -0.15) is 5.10 Å². The molecule has 3 rings (SSSR count). The number of H-pyrrole nitrogens is 1. The number of Topliss-reactive ketones (excluding diaryl/α,β-unsaturated/α-hetero) is 1. The number of likely N-dealkylation sites (tertiary alicyclic amines) is 1. The average Bonchev–Trinajstić information content (AvgIpc) is 2.99. The minimum atomic E-state index is -0.497. The molecule has 0 saturated carbocycles. The van der Waals surface area contributed by atoms with Gasteiger partial charge in [-0.1, -0.05) is 0 Å². The summed E-state index contributed by atoms with van der Waals surface area (Å²) in [5, 5.41) is 7.19. The second-order valence-corrected chi connectivity index (χ2v) is 6.33. The normalized spacial score (nSPS) is 18.5. The summed E-state index contributed by atoms with van der Waals surface area (Å²) >= 11 is 0. The summed E-state index contributed by atoms with van der Waals surface area (Å²) in [6, 6.07) is 6.44. The van der Waals surface area contributed by atoms with E-state index in [9.17, 15) is 9.18 Å². The Morgan fingerprint density at radius 3 is 2.96 bits per heavy atom. The van der Waals surface area contributed by atoms with Crippen LogP contribution in [0.3, 0.4) is 0 Å². The van der Waals surface area contributed by atoms with Crippen molar-refractivity contribution in [3.05, 3.63) is 47.0 Å². The van der Waals surface area contributed by atoms with E-state index in [1.165, 1.54) is 19.2 Å². The number of carbonyl (C=O) groups is 1. The summed E-state index contributed by atoms with van der Waals surface area (Å²) in [4.78, 5) is 14.9. The van der Waals surface area contributed by atoms with Crippen molar-refractivity contribution in [1.82, 2.24) is 15.1 Å². The van der Waals surface area contributed by atoms with Crippen LogP contribution < -0.4 is 4.74 Å². The number of carbonyl (C=O) groups excluding carboxylic acids is 1. The van der Waals surface area contributed by atoms with Gasteiger partial charge in [0.15, 0.2) is 17.3 Å². The first-order chi connectivity index (χ1) is 11.6. The van der Waals surface area contributed by atoms with E-state index in [0.29, 0.717) is 12.1 Å². The van der Waals surface area contributed by atoms with Crippen LogP contribution in [0.4, 0.5) is 4.39 Å². The second-order valence-electron chi connectivity index (χ2n) is 6.33. The van der Waals surface area contributed by atoms with Crippen LogP contribution in [-0.2, 0) is 6.54 Å². The Morgan fingerprint density at radius 1 is 1.46 bits per heavy atom. The summed E-state index contributed by atoms with van der Waals surface area (Å²) in [6.07, 6.45) is 1.79. The molecule has 0 spiro atoms. The van der Waals surface area contributed by atoms with E-state index in [1.54, 1.807) is 6.07 Å². The van der Waals surface area contributed by atoms with Crippen molar-refractivity contribution in [3.63, 3.8) is 0 Å². The van der Waals surface area contributed by atoms with Gasteiger partial charge in [0.1, 0.15) is 0 Å². The quantitative estimate of drug-likeness (QED) is 0.856. The third kappa shape index (κ3) is 3.64. The van der Waals surface area contributed by atoms with E-state index in [4.69, 9.17) is 4.74 Å². The predicted octanol–water partition coefficient (Wildman–Crippen LogP) is 2.96. The molecule has 1 fully saturated rings. The van der Waals surface area contributed by atoms with Gasteiger partial charge in [0.05, 0.1) is 12.8 Å². The fourth-order valence-corrected chi connectivity index (χ4v) is 3.25. The van der Waals surface area contributed by atoms with Crippen LogP contribution in [0.15, 0.2) is 24.3 Å². The van der Waals surface area contributed by atoms with Crippen LogP contribution in [0, 0.1) is 18.7 Å². The zero-order valence-corrected chi connectivity index (χ0v) is 14.0. The number of aromatic nitrogens is 2. The van der Waals surface area contributed by atoms with Crippen molar-refractivity contribution in [3.8, 4) is 5.75 Å². The number of benzene rings is 1. The SMILES string of the molecule is COc1ccc(C(=O)C2CCCN(Cc3cc(C)[nH]n3)C2)cc1F.